The minimum atomic E-state index is -5.02. The number of hydrogen-bond acceptors (Lipinski definition) is 9. The highest BCUT2D eigenvalue weighted by Gasteiger charge is 2.75. The number of carbonyl (C=O) groups is 3. The van der Waals surface area contributed by atoms with Gasteiger partial charge in [0.05, 0.1) is 17.0 Å². The van der Waals surface area contributed by atoms with Gasteiger partial charge in [0, 0.05) is 32.4 Å². The van der Waals surface area contributed by atoms with Crippen LogP contribution in [0.4, 0.5) is 0 Å². The second-order valence-corrected chi connectivity index (χ2v) is 15.4. The van der Waals surface area contributed by atoms with Gasteiger partial charge in [-0.1, -0.05) is 24.8 Å². The Bertz CT molecular complexity index is 1280. The van der Waals surface area contributed by atoms with E-state index in [1.165, 1.54) is 12.1 Å². The molecule has 0 fully saturated rings. The van der Waals surface area contributed by atoms with Gasteiger partial charge in [-0.2, -0.15) is 0 Å². The number of nitrogens with zero attached hydrogens (tertiary/aromatic N) is 1. The highest BCUT2D eigenvalue weighted by atomic mass is 28.4. The Morgan fingerprint density at radius 3 is 2.46 bits per heavy atom. The number of amides is 1. The third kappa shape index (κ3) is 2.93. The van der Waals surface area contributed by atoms with Crippen LogP contribution in [-0.4, -0.2) is 101 Å². The number of primary amides is 1. The molecule has 1 aliphatic carbocycles. The standard InChI is InChI=1S/C22H28N2O8Si3/c1-8-9-5-4-6-10(25)12(9)15(26)13-11(8)16(27)22(7-33)21(24(2)3)34-18(29)14(17(23)28)20(31)35(22,32)19(13)30/h4-6,11,16,21,25,27,29-30,32H,1,7,34H2,2-3,33H3,(H2,23,28)/t11-,16+,21-,22+,35+/m1/s1. The second-order valence-electron chi connectivity index (χ2n) is 9.54. The Hall–Kier alpha value is -2.82. The molecule has 3 aliphatic rings. The molecule has 1 amide bonds. The first-order valence-corrected chi connectivity index (χ1v) is 16.0. The van der Waals surface area contributed by atoms with E-state index >= 15 is 0 Å². The van der Waals surface area contributed by atoms with Crippen LogP contribution in [0.2, 0.25) is 11.1 Å². The van der Waals surface area contributed by atoms with Gasteiger partial charge in [-0.3, -0.25) is 14.4 Å². The fraction of sp³-hybridized carbons (Fsp3) is 0.318. The van der Waals surface area contributed by atoms with Gasteiger partial charge in [0.15, 0.2) is 11.2 Å². The number of hydrogen-bond donors (Lipinski definition) is 6. The van der Waals surface area contributed by atoms with E-state index in [0.29, 0.717) is 15.8 Å². The predicted octanol–water partition coefficient (Wildman–Crippen LogP) is -2.16. The third-order valence-corrected chi connectivity index (χ3v) is 17.0. The summed E-state index contributed by atoms with van der Waals surface area (Å²) in [5.74, 6) is -3.64. The van der Waals surface area contributed by atoms with E-state index in [0.717, 1.165) is 0 Å². The Balaban J connectivity index is 2.16. The van der Waals surface area contributed by atoms with Crippen LogP contribution in [-0.2, 0) is 9.59 Å². The number of aliphatic hydroxyl groups excluding tert-OH is 3. The summed E-state index contributed by atoms with van der Waals surface area (Å²) in [4.78, 5) is 53.6. The van der Waals surface area contributed by atoms with Crippen LogP contribution in [0, 0.1) is 5.92 Å². The van der Waals surface area contributed by atoms with Crippen LogP contribution in [0.25, 0.3) is 5.57 Å². The van der Waals surface area contributed by atoms with Gasteiger partial charge in [-0.05, 0) is 31.3 Å². The zero-order valence-electron chi connectivity index (χ0n) is 19.6. The lowest BCUT2D eigenvalue weighted by molar-refractivity contribution is -0.119. The predicted molar refractivity (Wildman–Crippen MR) is 136 cm³/mol. The van der Waals surface area contributed by atoms with Crippen molar-refractivity contribution in [1.82, 2.24) is 4.90 Å². The fourth-order valence-corrected chi connectivity index (χ4v) is 17.1. The molecule has 13 heteroatoms. The second kappa shape index (κ2) is 8.11. The fourth-order valence-electron chi connectivity index (χ4n) is 6.33. The topological polar surface area (TPSA) is 182 Å². The summed E-state index contributed by atoms with van der Waals surface area (Å²) in [6.45, 7) is 4.05. The molecule has 35 heavy (non-hydrogen) atoms. The Labute approximate surface area is 207 Å². The molecule has 0 saturated heterocycles. The van der Waals surface area contributed by atoms with Crippen LogP contribution in [0.15, 0.2) is 46.7 Å². The minimum Gasteiger partial charge on any atom is -0.517 e. The summed E-state index contributed by atoms with van der Waals surface area (Å²) in [7, 11) is -3.25. The molecule has 0 bridgehead atoms. The number of phenolic OH excluding ortho intramolecular Hbond substituents is 1. The molecule has 2 heterocycles. The minimum absolute atomic E-state index is 0.125. The maximum atomic E-state index is 13.8. The first-order valence-electron chi connectivity index (χ1n) is 11.1. The average Bonchev–Trinajstić information content (AvgIpc) is 2.86. The number of nitrogens with two attached hydrogens (primary N) is 1. The highest BCUT2D eigenvalue weighted by molar-refractivity contribution is 7.11. The van der Waals surface area contributed by atoms with E-state index in [1.54, 1.807) is 25.1 Å². The van der Waals surface area contributed by atoms with Gasteiger partial charge in [-0.25, -0.2) is 0 Å². The monoisotopic (exact) mass is 532 g/mol. The zero-order chi connectivity index (χ0) is 26.2. The molecule has 10 nitrogen and oxygen atoms in total. The van der Waals surface area contributed by atoms with E-state index < -0.39 is 79.6 Å². The number of ketones is 1. The number of aliphatic hydroxyl groups is 3. The van der Waals surface area contributed by atoms with E-state index in [-0.39, 0.29) is 22.9 Å². The van der Waals surface area contributed by atoms with Crippen molar-refractivity contribution in [2.75, 3.05) is 14.1 Å². The van der Waals surface area contributed by atoms with Gasteiger partial charge in [0.25, 0.3) is 5.91 Å². The molecule has 0 unspecified atom stereocenters. The Morgan fingerprint density at radius 2 is 1.91 bits per heavy atom. The molecule has 186 valence electrons. The van der Waals surface area contributed by atoms with Crippen LogP contribution in [0.3, 0.4) is 0 Å². The van der Waals surface area contributed by atoms with E-state index in [1.807, 2.05) is 0 Å². The lowest BCUT2D eigenvalue weighted by Gasteiger charge is -2.57. The number of phenols is 1. The van der Waals surface area contributed by atoms with Crippen LogP contribution in [0.1, 0.15) is 15.9 Å². The van der Waals surface area contributed by atoms with Crippen molar-refractivity contribution in [2.24, 2.45) is 11.7 Å². The molecule has 0 spiro atoms. The van der Waals surface area contributed by atoms with E-state index in [4.69, 9.17) is 5.73 Å². The molecular weight excluding hydrogens is 505 g/mol. The highest BCUT2D eigenvalue weighted by Crippen LogP contribution is 2.62. The summed E-state index contributed by atoms with van der Waals surface area (Å²) in [6.07, 6.45) is -1.54. The van der Waals surface area contributed by atoms with Crippen molar-refractivity contribution in [3.63, 3.8) is 0 Å². The summed E-state index contributed by atoms with van der Waals surface area (Å²) in [6, 6.07) is 4.50. The maximum absolute atomic E-state index is 13.8. The number of Topliss-reactive ketones (excluding diaryl/α,β-unsaturated/α-hetero) is 1. The van der Waals surface area contributed by atoms with Gasteiger partial charge in [0.1, 0.15) is 26.2 Å². The SMILES string of the molecule is C=C1c2cccc(O)c2C(=O)C2=C(O)[Si@]3(O)C(=O)C(C(N)=O)=C(O)[SiH2][C@@H](N(C)C)[C@]3(C[SiH3])[C@@H](O)[C@H]12. The molecule has 1 aromatic rings. The van der Waals surface area contributed by atoms with Crippen LogP contribution >= 0.6 is 0 Å². The van der Waals surface area contributed by atoms with Crippen molar-refractivity contribution in [2.45, 2.75) is 22.9 Å². The van der Waals surface area contributed by atoms with Crippen LogP contribution in [0.5, 0.6) is 5.75 Å². The van der Waals surface area contributed by atoms with Gasteiger partial charge in [-0.15, -0.1) is 0 Å². The largest absolute Gasteiger partial charge is 0.517 e. The maximum Gasteiger partial charge on any atom is 0.347 e. The number of benzene rings is 1. The zero-order valence-corrected chi connectivity index (χ0v) is 24.0. The van der Waals surface area contributed by atoms with Crippen molar-refractivity contribution in [3.8, 4) is 5.75 Å². The molecule has 0 radical (unpaired) electrons. The number of aromatic hydroxyl groups is 1. The molecule has 4 rings (SSSR count). The number of carbonyl (C=O) groups excluding carboxylic acids is 3. The quantitative estimate of drug-likeness (QED) is 0.187. The van der Waals surface area contributed by atoms with Gasteiger partial charge in [0.2, 0.25) is 0 Å². The molecule has 2 aliphatic heterocycles. The Kier molecular flexibility index (Phi) is 5.86. The summed E-state index contributed by atoms with van der Waals surface area (Å²) < 4.78 is 0. The first kappa shape index (κ1) is 25.3. The van der Waals surface area contributed by atoms with Gasteiger partial charge < -0.3 is 35.9 Å². The third-order valence-electron chi connectivity index (χ3n) is 7.94. The molecule has 0 aromatic heterocycles. The summed E-state index contributed by atoms with van der Waals surface area (Å²) in [5.41, 5.74) is 3.85. The molecule has 0 saturated carbocycles. The molecule has 5 atom stereocenters. The number of fused-ring (bicyclic) bond motifs is 3. The van der Waals surface area contributed by atoms with E-state index in [9.17, 15) is 39.6 Å². The molecular formula is C22H28N2O8Si3. The van der Waals surface area contributed by atoms with Crippen molar-refractivity contribution in [1.29, 1.82) is 0 Å². The summed E-state index contributed by atoms with van der Waals surface area (Å²) in [5, 5.41) is 40.6. The van der Waals surface area contributed by atoms with Crippen molar-refractivity contribution >= 4 is 50.7 Å². The van der Waals surface area contributed by atoms with Crippen molar-refractivity contribution in [3.05, 3.63) is 57.8 Å². The Morgan fingerprint density at radius 1 is 1.29 bits per heavy atom. The normalized spacial score (nSPS) is 33.6. The van der Waals surface area contributed by atoms with Crippen LogP contribution < -0.4 is 5.73 Å². The lowest BCUT2D eigenvalue weighted by atomic mass is 9.70. The lowest BCUT2D eigenvalue weighted by Crippen LogP contribution is -2.72. The average molecular weight is 533 g/mol. The van der Waals surface area contributed by atoms with Gasteiger partial charge >= 0.3 is 8.32 Å². The van der Waals surface area contributed by atoms with E-state index in [2.05, 4.69) is 6.58 Å². The first-order chi connectivity index (χ1) is 16.3. The molecule has 1 aromatic carbocycles. The van der Waals surface area contributed by atoms with Crippen molar-refractivity contribution < 1.29 is 39.6 Å². The molecule has 7 N–H and O–H groups in total. The number of rotatable bonds is 3. The summed E-state index contributed by atoms with van der Waals surface area (Å²) >= 11 is 0. The smallest absolute Gasteiger partial charge is 0.347 e.